The third-order valence-electron chi connectivity index (χ3n) is 3.55. The van der Waals surface area contributed by atoms with Crippen LogP contribution in [0.3, 0.4) is 0 Å². The molecule has 2 aromatic rings. The second-order valence-corrected chi connectivity index (χ2v) is 5.67. The minimum atomic E-state index is -0.782. The zero-order valence-electron chi connectivity index (χ0n) is 14.2. The van der Waals surface area contributed by atoms with Crippen LogP contribution in [-0.2, 0) is 11.8 Å². The fourth-order valence-corrected chi connectivity index (χ4v) is 2.23. The topological polar surface area (TPSA) is 88.4 Å². The number of aromatic nitrogens is 2. The molecule has 130 valence electrons. The lowest BCUT2D eigenvalue weighted by atomic mass is 10.1. The Morgan fingerprint density at radius 3 is 2.71 bits per heavy atom. The summed E-state index contributed by atoms with van der Waals surface area (Å²) >= 11 is 0. The van der Waals surface area contributed by atoms with E-state index in [1.807, 2.05) is 44.2 Å². The van der Waals surface area contributed by atoms with Gasteiger partial charge >= 0.3 is 6.03 Å². The second kappa shape index (κ2) is 8.47. The maximum atomic E-state index is 11.8. The maximum Gasteiger partial charge on any atom is 0.320 e. The molecule has 0 saturated heterocycles. The first-order chi connectivity index (χ1) is 11.5. The fraction of sp³-hybridized carbons (Fsp3) is 0.412. The Balaban J connectivity index is 1.70. The molecule has 7 heteroatoms. The Morgan fingerprint density at radius 2 is 2.08 bits per heavy atom. The number of benzene rings is 1. The molecule has 7 nitrogen and oxygen atoms in total. The summed E-state index contributed by atoms with van der Waals surface area (Å²) in [6.07, 6.45) is -0.901. The largest absolute Gasteiger partial charge is 0.389 e. The van der Waals surface area contributed by atoms with Gasteiger partial charge in [0.15, 0.2) is 0 Å². The van der Waals surface area contributed by atoms with Crippen LogP contribution in [0, 0.1) is 6.92 Å². The smallest absolute Gasteiger partial charge is 0.320 e. The Labute approximate surface area is 141 Å². The number of carbonyl (C=O) groups is 1. The third kappa shape index (κ3) is 5.36. The van der Waals surface area contributed by atoms with Crippen molar-refractivity contribution < 1.29 is 14.6 Å². The van der Waals surface area contributed by atoms with Gasteiger partial charge in [-0.25, -0.2) is 4.79 Å². The SMILES string of the molecule is Cc1cc(NC(=O)NCC(O)COC(C)c2ccccc2)n(C)n1. The summed E-state index contributed by atoms with van der Waals surface area (Å²) in [5.74, 6) is 0.591. The van der Waals surface area contributed by atoms with Crippen LogP contribution in [0.25, 0.3) is 0 Å². The number of hydrogen-bond donors (Lipinski definition) is 3. The summed E-state index contributed by atoms with van der Waals surface area (Å²) in [4.78, 5) is 11.8. The van der Waals surface area contributed by atoms with Crippen molar-refractivity contribution in [3.05, 3.63) is 47.7 Å². The summed E-state index contributed by atoms with van der Waals surface area (Å²) in [7, 11) is 1.75. The number of anilines is 1. The van der Waals surface area contributed by atoms with E-state index >= 15 is 0 Å². The van der Waals surface area contributed by atoms with Crippen LogP contribution in [-0.4, -0.2) is 40.2 Å². The van der Waals surface area contributed by atoms with Gasteiger partial charge in [0.05, 0.1) is 24.5 Å². The average Bonchev–Trinajstić information content (AvgIpc) is 2.88. The highest BCUT2D eigenvalue weighted by Crippen LogP contribution is 2.15. The summed E-state index contributed by atoms with van der Waals surface area (Å²) < 4.78 is 7.21. The number of aryl methyl sites for hydroxylation is 2. The van der Waals surface area contributed by atoms with Crippen molar-refractivity contribution >= 4 is 11.8 Å². The molecule has 0 aliphatic heterocycles. The van der Waals surface area contributed by atoms with Gasteiger partial charge in [-0.05, 0) is 19.4 Å². The van der Waals surface area contributed by atoms with Gasteiger partial charge in [0.2, 0.25) is 0 Å². The highest BCUT2D eigenvalue weighted by molar-refractivity contribution is 5.88. The summed E-state index contributed by atoms with van der Waals surface area (Å²) in [6, 6.07) is 11.1. The normalized spacial score (nSPS) is 13.3. The van der Waals surface area contributed by atoms with Gasteiger partial charge in [-0.3, -0.25) is 10.00 Å². The van der Waals surface area contributed by atoms with Gasteiger partial charge in [0.25, 0.3) is 0 Å². The van der Waals surface area contributed by atoms with Gasteiger partial charge < -0.3 is 15.2 Å². The van der Waals surface area contributed by atoms with Gasteiger partial charge in [-0.1, -0.05) is 30.3 Å². The molecule has 2 amide bonds. The van der Waals surface area contributed by atoms with Gasteiger partial charge in [-0.2, -0.15) is 5.10 Å². The minimum Gasteiger partial charge on any atom is -0.389 e. The van der Waals surface area contributed by atoms with Crippen LogP contribution in [0.4, 0.5) is 10.6 Å². The van der Waals surface area contributed by atoms with Crippen molar-refractivity contribution in [2.75, 3.05) is 18.5 Å². The molecular weight excluding hydrogens is 308 g/mol. The minimum absolute atomic E-state index is 0.101. The number of aliphatic hydroxyl groups is 1. The van der Waals surface area contributed by atoms with E-state index in [0.29, 0.717) is 5.82 Å². The molecule has 2 rings (SSSR count). The Bertz CT molecular complexity index is 657. The Morgan fingerprint density at radius 1 is 1.38 bits per heavy atom. The molecule has 24 heavy (non-hydrogen) atoms. The number of amides is 2. The number of urea groups is 1. The molecule has 1 aromatic carbocycles. The number of carbonyl (C=O) groups excluding carboxylic acids is 1. The predicted molar refractivity (Wildman–Crippen MR) is 91.8 cm³/mol. The van der Waals surface area contributed by atoms with Crippen LogP contribution < -0.4 is 10.6 Å². The van der Waals surface area contributed by atoms with E-state index in [9.17, 15) is 9.90 Å². The second-order valence-electron chi connectivity index (χ2n) is 5.67. The number of hydrogen-bond acceptors (Lipinski definition) is 4. The lowest BCUT2D eigenvalue weighted by Crippen LogP contribution is -2.37. The Kier molecular flexibility index (Phi) is 6.34. The van der Waals surface area contributed by atoms with Crippen molar-refractivity contribution in [2.24, 2.45) is 7.05 Å². The molecule has 0 fully saturated rings. The zero-order chi connectivity index (χ0) is 17.5. The molecule has 0 aliphatic carbocycles. The molecular formula is C17H24N4O3. The first-order valence-electron chi connectivity index (χ1n) is 7.86. The Hall–Kier alpha value is -2.38. The molecule has 3 N–H and O–H groups in total. The zero-order valence-corrected chi connectivity index (χ0v) is 14.2. The van der Waals surface area contributed by atoms with Gasteiger partial charge in [0, 0.05) is 19.7 Å². The molecule has 0 spiro atoms. The number of nitrogens with zero attached hydrogens (tertiary/aromatic N) is 2. The monoisotopic (exact) mass is 332 g/mol. The first kappa shape index (κ1) is 18.0. The van der Waals surface area contributed by atoms with Crippen molar-refractivity contribution in [1.82, 2.24) is 15.1 Å². The van der Waals surface area contributed by atoms with E-state index < -0.39 is 12.1 Å². The summed E-state index contributed by atoms with van der Waals surface area (Å²) in [5, 5.41) is 19.4. The van der Waals surface area contributed by atoms with Gasteiger partial charge in [-0.15, -0.1) is 0 Å². The van der Waals surface area contributed by atoms with E-state index in [4.69, 9.17) is 4.74 Å². The van der Waals surface area contributed by atoms with Crippen LogP contribution in [0.15, 0.2) is 36.4 Å². The van der Waals surface area contributed by atoms with E-state index in [0.717, 1.165) is 11.3 Å². The van der Waals surface area contributed by atoms with E-state index in [2.05, 4.69) is 15.7 Å². The van der Waals surface area contributed by atoms with Gasteiger partial charge in [0.1, 0.15) is 5.82 Å². The van der Waals surface area contributed by atoms with E-state index in [1.165, 1.54) is 0 Å². The molecule has 0 bridgehead atoms. The molecule has 0 saturated carbocycles. The average molecular weight is 332 g/mol. The number of nitrogens with one attached hydrogen (secondary N) is 2. The molecule has 1 heterocycles. The number of aliphatic hydroxyl groups excluding tert-OH is 1. The van der Waals surface area contributed by atoms with Crippen molar-refractivity contribution in [1.29, 1.82) is 0 Å². The fourth-order valence-electron chi connectivity index (χ4n) is 2.23. The first-order valence-corrected chi connectivity index (χ1v) is 7.86. The summed E-state index contributed by atoms with van der Waals surface area (Å²) in [6.45, 7) is 4.01. The van der Waals surface area contributed by atoms with Crippen LogP contribution >= 0.6 is 0 Å². The molecule has 1 aromatic heterocycles. The quantitative estimate of drug-likeness (QED) is 0.723. The lowest BCUT2D eigenvalue weighted by molar-refractivity contribution is -0.000954. The van der Waals surface area contributed by atoms with Crippen molar-refractivity contribution in [3.8, 4) is 0 Å². The lowest BCUT2D eigenvalue weighted by Gasteiger charge is -2.17. The maximum absolute atomic E-state index is 11.8. The van der Waals surface area contributed by atoms with Crippen LogP contribution in [0.1, 0.15) is 24.3 Å². The highest BCUT2D eigenvalue weighted by Gasteiger charge is 2.12. The van der Waals surface area contributed by atoms with Crippen LogP contribution in [0.5, 0.6) is 0 Å². The van der Waals surface area contributed by atoms with Crippen LogP contribution in [0.2, 0.25) is 0 Å². The molecule has 0 radical (unpaired) electrons. The number of rotatable bonds is 7. The standard InChI is InChI=1S/C17H24N4O3/c1-12-9-16(21(3)20-12)19-17(23)18-10-15(22)11-24-13(2)14-7-5-4-6-8-14/h4-9,13,15,22H,10-11H2,1-3H3,(H2,18,19,23). The van der Waals surface area contributed by atoms with E-state index in [-0.39, 0.29) is 19.3 Å². The van der Waals surface area contributed by atoms with Crippen molar-refractivity contribution in [3.63, 3.8) is 0 Å². The summed E-state index contributed by atoms with van der Waals surface area (Å²) in [5.41, 5.74) is 1.86. The molecule has 2 unspecified atom stereocenters. The molecule has 0 aliphatic rings. The van der Waals surface area contributed by atoms with E-state index in [1.54, 1.807) is 17.8 Å². The highest BCUT2D eigenvalue weighted by atomic mass is 16.5. The predicted octanol–water partition coefficient (Wildman–Crippen LogP) is 1.99. The third-order valence-corrected chi connectivity index (χ3v) is 3.55. The number of ether oxygens (including phenoxy) is 1. The van der Waals surface area contributed by atoms with Crippen molar-refractivity contribution in [2.45, 2.75) is 26.1 Å². The molecule has 2 atom stereocenters.